The van der Waals surface area contributed by atoms with Crippen LogP contribution in [0.4, 0.5) is 0 Å². The van der Waals surface area contributed by atoms with Crippen molar-refractivity contribution in [3.8, 4) is 0 Å². The second-order valence-electron chi connectivity index (χ2n) is 5.19. The molecule has 1 heteroatoms. The van der Waals surface area contributed by atoms with Crippen molar-refractivity contribution in [2.75, 3.05) is 13.6 Å². The topological polar surface area (TPSA) is 3.24 Å². The van der Waals surface area contributed by atoms with Crippen molar-refractivity contribution in [3.63, 3.8) is 0 Å². The second kappa shape index (κ2) is 6.05. The van der Waals surface area contributed by atoms with Crippen molar-refractivity contribution >= 4 is 0 Å². The summed E-state index contributed by atoms with van der Waals surface area (Å²) < 4.78 is 0. The van der Waals surface area contributed by atoms with Gasteiger partial charge in [0.15, 0.2) is 0 Å². The Bertz CT molecular complexity index is 288. The van der Waals surface area contributed by atoms with Gasteiger partial charge in [0.2, 0.25) is 0 Å². The van der Waals surface area contributed by atoms with Crippen LogP contribution in [0.5, 0.6) is 0 Å². The fourth-order valence-corrected chi connectivity index (χ4v) is 2.77. The van der Waals surface area contributed by atoms with Crippen LogP contribution < -0.4 is 0 Å². The largest absolute Gasteiger partial charge is 0.302 e. The number of benzene rings is 1. The molecular formula is C15H23N. The monoisotopic (exact) mass is 217 g/mol. The van der Waals surface area contributed by atoms with Gasteiger partial charge in [-0.25, -0.2) is 0 Å². The van der Waals surface area contributed by atoms with E-state index in [1.807, 2.05) is 0 Å². The average molecular weight is 217 g/mol. The number of rotatable bonds is 4. The van der Waals surface area contributed by atoms with E-state index in [4.69, 9.17) is 0 Å². The highest BCUT2D eigenvalue weighted by atomic mass is 15.1. The minimum atomic E-state index is 0.947. The Balaban J connectivity index is 1.77. The zero-order valence-corrected chi connectivity index (χ0v) is 10.4. The molecule has 0 radical (unpaired) electrons. The molecule has 1 aliphatic carbocycles. The molecule has 0 aromatic heterocycles. The zero-order valence-electron chi connectivity index (χ0n) is 10.4. The van der Waals surface area contributed by atoms with E-state index < -0.39 is 0 Å². The molecule has 0 heterocycles. The molecule has 16 heavy (non-hydrogen) atoms. The number of hydrogen-bond donors (Lipinski definition) is 0. The Morgan fingerprint density at radius 1 is 1.06 bits per heavy atom. The van der Waals surface area contributed by atoms with Crippen LogP contribution in [-0.4, -0.2) is 18.5 Å². The van der Waals surface area contributed by atoms with Gasteiger partial charge in [-0.3, -0.25) is 0 Å². The van der Waals surface area contributed by atoms with E-state index in [0.29, 0.717) is 0 Å². The summed E-state index contributed by atoms with van der Waals surface area (Å²) in [6, 6.07) is 10.8. The summed E-state index contributed by atoms with van der Waals surface area (Å²) in [6.45, 7) is 2.37. The Morgan fingerprint density at radius 3 is 2.44 bits per heavy atom. The van der Waals surface area contributed by atoms with Crippen LogP contribution in [0.1, 0.15) is 37.7 Å². The first-order chi connectivity index (χ1) is 7.84. The zero-order chi connectivity index (χ0) is 11.2. The molecule has 0 amide bonds. The van der Waals surface area contributed by atoms with E-state index in [1.165, 1.54) is 44.2 Å². The Hall–Kier alpha value is -0.820. The van der Waals surface area contributed by atoms with Gasteiger partial charge >= 0.3 is 0 Å². The highest BCUT2D eigenvalue weighted by Gasteiger charge is 2.15. The smallest absolute Gasteiger partial charge is 0.0230 e. The summed E-state index contributed by atoms with van der Waals surface area (Å²) in [5, 5.41) is 0. The standard InChI is InChI=1S/C15H23N/c1-16(12-14-8-4-2-5-9-14)13-15-10-6-3-7-11-15/h2,4-5,8-9,15H,3,6-7,10-13H2,1H3. The van der Waals surface area contributed by atoms with Crippen molar-refractivity contribution < 1.29 is 0 Å². The van der Waals surface area contributed by atoms with Crippen molar-refractivity contribution in [3.05, 3.63) is 35.9 Å². The van der Waals surface area contributed by atoms with Gasteiger partial charge in [0.1, 0.15) is 0 Å². The predicted molar refractivity (Wildman–Crippen MR) is 69.4 cm³/mol. The maximum atomic E-state index is 2.48. The summed E-state index contributed by atoms with van der Waals surface area (Å²) in [5.74, 6) is 0.947. The van der Waals surface area contributed by atoms with Gasteiger partial charge in [0.05, 0.1) is 0 Å². The predicted octanol–water partition coefficient (Wildman–Crippen LogP) is 3.70. The molecule has 88 valence electrons. The number of hydrogen-bond acceptors (Lipinski definition) is 1. The summed E-state index contributed by atoms with van der Waals surface area (Å²) in [5.41, 5.74) is 1.43. The lowest BCUT2D eigenvalue weighted by molar-refractivity contribution is 0.228. The summed E-state index contributed by atoms with van der Waals surface area (Å²) in [6.07, 6.45) is 7.24. The third kappa shape index (κ3) is 3.64. The lowest BCUT2D eigenvalue weighted by Gasteiger charge is -2.27. The van der Waals surface area contributed by atoms with Crippen molar-refractivity contribution in [2.24, 2.45) is 5.92 Å². The normalized spacial score (nSPS) is 17.9. The molecule has 1 aliphatic rings. The van der Waals surface area contributed by atoms with Crippen molar-refractivity contribution in [2.45, 2.75) is 38.6 Å². The Morgan fingerprint density at radius 2 is 1.75 bits per heavy atom. The van der Waals surface area contributed by atoms with Gasteiger partial charge in [-0.15, -0.1) is 0 Å². The SMILES string of the molecule is CN(Cc1ccccc1)CC1CCCCC1. The highest BCUT2D eigenvalue weighted by molar-refractivity contribution is 5.14. The first kappa shape index (κ1) is 11.7. The molecule has 0 spiro atoms. The van der Waals surface area contributed by atoms with E-state index in [1.54, 1.807) is 0 Å². The van der Waals surface area contributed by atoms with Crippen LogP contribution in [0.3, 0.4) is 0 Å². The molecule has 1 aromatic carbocycles. The van der Waals surface area contributed by atoms with E-state index >= 15 is 0 Å². The molecule has 0 N–H and O–H groups in total. The van der Waals surface area contributed by atoms with Gasteiger partial charge in [-0.1, -0.05) is 49.6 Å². The lowest BCUT2D eigenvalue weighted by Crippen LogP contribution is -2.26. The second-order valence-corrected chi connectivity index (χ2v) is 5.19. The third-order valence-corrected chi connectivity index (χ3v) is 3.59. The molecule has 0 bridgehead atoms. The van der Waals surface area contributed by atoms with Crippen LogP contribution in [0, 0.1) is 5.92 Å². The molecule has 1 nitrogen and oxygen atoms in total. The minimum absolute atomic E-state index is 0.947. The van der Waals surface area contributed by atoms with Crippen LogP contribution in [-0.2, 0) is 6.54 Å². The van der Waals surface area contributed by atoms with E-state index in [2.05, 4.69) is 42.3 Å². The summed E-state index contributed by atoms with van der Waals surface area (Å²) in [7, 11) is 2.25. The van der Waals surface area contributed by atoms with Crippen LogP contribution in [0.25, 0.3) is 0 Å². The van der Waals surface area contributed by atoms with E-state index in [-0.39, 0.29) is 0 Å². The Labute approximate surface area is 99.5 Å². The average Bonchev–Trinajstić information content (AvgIpc) is 2.31. The first-order valence-electron chi connectivity index (χ1n) is 6.57. The molecule has 0 unspecified atom stereocenters. The first-order valence-corrected chi connectivity index (χ1v) is 6.57. The number of nitrogens with zero attached hydrogens (tertiary/aromatic N) is 1. The van der Waals surface area contributed by atoms with E-state index in [0.717, 1.165) is 12.5 Å². The minimum Gasteiger partial charge on any atom is -0.302 e. The Kier molecular flexibility index (Phi) is 4.41. The maximum Gasteiger partial charge on any atom is 0.0230 e. The van der Waals surface area contributed by atoms with Crippen LogP contribution in [0.2, 0.25) is 0 Å². The van der Waals surface area contributed by atoms with Gasteiger partial charge in [-0.05, 0) is 31.4 Å². The molecular weight excluding hydrogens is 194 g/mol. The molecule has 1 aromatic rings. The van der Waals surface area contributed by atoms with Crippen LogP contribution >= 0.6 is 0 Å². The van der Waals surface area contributed by atoms with Gasteiger partial charge in [0.25, 0.3) is 0 Å². The fourth-order valence-electron chi connectivity index (χ4n) is 2.77. The van der Waals surface area contributed by atoms with Gasteiger partial charge in [0, 0.05) is 13.1 Å². The quantitative estimate of drug-likeness (QED) is 0.743. The van der Waals surface area contributed by atoms with E-state index in [9.17, 15) is 0 Å². The lowest BCUT2D eigenvalue weighted by atomic mass is 9.89. The third-order valence-electron chi connectivity index (χ3n) is 3.59. The molecule has 0 aliphatic heterocycles. The van der Waals surface area contributed by atoms with Gasteiger partial charge < -0.3 is 4.90 Å². The molecule has 2 rings (SSSR count). The summed E-state index contributed by atoms with van der Waals surface area (Å²) >= 11 is 0. The highest BCUT2D eigenvalue weighted by Crippen LogP contribution is 2.24. The van der Waals surface area contributed by atoms with Crippen molar-refractivity contribution in [1.29, 1.82) is 0 Å². The molecule has 0 atom stereocenters. The molecule has 0 saturated heterocycles. The van der Waals surface area contributed by atoms with Crippen molar-refractivity contribution in [1.82, 2.24) is 4.90 Å². The summed E-state index contributed by atoms with van der Waals surface area (Å²) in [4.78, 5) is 2.48. The molecule has 1 fully saturated rings. The molecule has 1 saturated carbocycles. The van der Waals surface area contributed by atoms with Crippen LogP contribution in [0.15, 0.2) is 30.3 Å². The maximum absolute atomic E-state index is 2.48. The fraction of sp³-hybridized carbons (Fsp3) is 0.600. The van der Waals surface area contributed by atoms with Gasteiger partial charge in [-0.2, -0.15) is 0 Å².